The van der Waals surface area contributed by atoms with Gasteiger partial charge in [0.1, 0.15) is 17.7 Å². The number of likely N-dealkylation sites (tertiary alicyclic amines) is 1. The van der Waals surface area contributed by atoms with Crippen LogP contribution in [0.25, 0.3) is 0 Å². The van der Waals surface area contributed by atoms with Crippen LogP contribution in [0.5, 0.6) is 0 Å². The summed E-state index contributed by atoms with van der Waals surface area (Å²) in [7, 11) is 1.69. The van der Waals surface area contributed by atoms with Gasteiger partial charge in [-0.15, -0.1) is 13.2 Å². The van der Waals surface area contributed by atoms with Crippen molar-refractivity contribution >= 4 is 29.4 Å². The molecule has 10 nitrogen and oxygen atoms in total. The summed E-state index contributed by atoms with van der Waals surface area (Å²) in [6.45, 7) is 13.2. The minimum Gasteiger partial charge on any atom is -0.455 e. The highest BCUT2D eigenvalue weighted by Gasteiger charge is 2.76. The maximum atomic E-state index is 15.3. The van der Waals surface area contributed by atoms with Gasteiger partial charge in [-0.05, 0) is 74.8 Å². The number of carbonyl (C=O) groups excluding carboxylic acids is 4. The summed E-state index contributed by atoms with van der Waals surface area (Å²) in [4.78, 5) is 62.9. The van der Waals surface area contributed by atoms with Gasteiger partial charge in [0.2, 0.25) is 11.8 Å². The van der Waals surface area contributed by atoms with E-state index in [9.17, 15) is 14.7 Å². The number of ether oxygens (including phenoxy) is 2. The fourth-order valence-electron chi connectivity index (χ4n) is 8.89. The number of fused-ring (bicyclic) bond motifs is 1. The first-order chi connectivity index (χ1) is 26.5. The van der Waals surface area contributed by atoms with Crippen molar-refractivity contribution in [2.45, 2.75) is 88.8 Å². The molecule has 0 radical (unpaired) electrons. The lowest BCUT2D eigenvalue weighted by molar-refractivity contribution is -0.165. The lowest BCUT2D eigenvalue weighted by Gasteiger charge is -2.39. The third-order valence-corrected chi connectivity index (χ3v) is 11.8. The van der Waals surface area contributed by atoms with Crippen molar-refractivity contribution in [1.29, 1.82) is 0 Å². The van der Waals surface area contributed by atoms with Gasteiger partial charge in [0.25, 0.3) is 5.91 Å². The number of esters is 1. The third-order valence-electron chi connectivity index (χ3n) is 11.8. The van der Waals surface area contributed by atoms with Crippen LogP contribution in [0.2, 0.25) is 0 Å². The first-order valence-electron chi connectivity index (χ1n) is 19.2. The lowest BCUT2D eigenvalue weighted by atomic mass is 9.70. The van der Waals surface area contributed by atoms with Crippen LogP contribution in [-0.4, -0.2) is 88.6 Å². The summed E-state index contributed by atoms with van der Waals surface area (Å²) in [5, 5.41) is 11.0. The molecule has 1 N–H and O–H groups in total. The van der Waals surface area contributed by atoms with E-state index in [1.165, 1.54) is 4.90 Å². The van der Waals surface area contributed by atoms with Gasteiger partial charge in [0, 0.05) is 25.7 Å². The van der Waals surface area contributed by atoms with Gasteiger partial charge in [0.15, 0.2) is 0 Å². The summed E-state index contributed by atoms with van der Waals surface area (Å²) in [5.41, 5.74) is 2.78. The Hall–Kier alpha value is -5.06. The van der Waals surface area contributed by atoms with Crippen molar-refractivity contribution < 1.29 is 33.8 Å². The Bertz CT molecular complexity index is 1900. The van der Waals surface area contributed by atoms with Crippen LogP contribution in [0.1, 0.15) is 61.0 Å². The molecule has 3 amide bonds. The maximum Gasteiger partial charge on any atom is 0.313 e. The molecule has 3 heterocycles. The Balaban J connectivity index is 1.40. The predicted octanol–water partition coefficient (Wildman–Crippen LogP) is 5.90. The largest absolute Gasteiger partial charge is 0.455 e. The van der Waals surface area contributed by atoms with Crippen molar-refractivity contribution in [2.75, 3.05) is 25.1 Å². The molecule has 3 aromatic rings. The van der Waals surface area contributed by atoms with Crippen LogP contribution in [0.3, 0.4) is 0 Å². The minimum absolute atomic E-state index is 0.115. The van der Waals surface area contributed by atoms with Gasteiger partial charge >= 0.3 is 5.97 Å². The first kappa shape index (κ1) is 39.6. The number of aliphatic hydroxyl groups excluding tert-OH is 1. The number of hydrogen-bond acceptors (Lipinski definition) is 7. The lowest BCUT2D eigenvalue weighted by Crippen LogP contribution is -2.59. The summed E-state index contributed by atoms with van der Waals surface area (Å²) in [6, 6.07) is 22.2. The number of aliphatic hydroxyl groups is 1. The molecule has 3 aromatic carbocycles. The molecule has 0 unspecified atom stereocenters. The van der Waals surface area contributed by atoms with Gasteiger partial charge in [-0.1, -0.05) is 84.9 Å². The van der Waals surface area contributed by atoms with Gasteiger partial charge in [-0.25, -0.2) is 0 Å². The Kier molecular flexibility index (Phi) is 12.1. The van der Waals surface area contributed by atoms with E-state index >= 15 is 9.59 Å². The monoisotopic (exact) mass is 747 g/mol. The number of rotatable bonds is 16. The second kappa shape index (κ2) is 16.8. The minimum atomic E-state index is -1.34. The van der Waals surface area contributed by atoms with E-state index in [1.54, 1.807) is 29.0 Å². The highest BCUT2D eigenvalue weighted by molar-refractivity contribution is 6.05. The third kappa shape index (κ3) is 7.50. The quantitative estimate of drug-likeness (QED) is 0.143. The van der Waals surface area contributed by atoms with Crippen LogP contribution >= 0.6 is 0 Å². The zero-order valence-electron chi connectivity index (χ0n) is 32.3. The van der Waals surface area contributed by atoms with Crippen molar-refractivity contribution in [3.05, 3.63) is 126 Å². The van der Waals surface area contributed by atoms with E-state index in [-0.39, 0.29) is 24.8 Å². The van der Waals surface area contributed by atoms with Crippen LogP contribution in [0.4, 0.5) is 5.69 Å². The molecular weight excluding hydrogens is 695 g/mol. The standard InChI is InChI=1S/C45H53N3O7/c1-7-9-20-37(50)46(6)31(5)40(33-18-14-11-15-19-33)54-44(53)38-36-23-24-45(55-36)39(38)42(51)48(34(28-49)27-32-16-12-10-13-17-32)41(45)43(52)47(25-8-2)35-26-29(3)21-22-30(35)4/h7-8,10-19,21-22,26,31,34,36,38-41,49H,1-2,9,20,23-25,27-28H2,3-6H3/t31-,34-,36+,38-,39-,40+,41+,45-/m1/s1. The zero-order valence-corrected chi connectivity index (χ0v) is 32.3. The molecule has 6 rings (SSSR count). The molecule has 3 aliphatic heterocycles. The van der Waals surface area contributed by atoms with E-state index in [0.717, 1.165) is 16.7 Å². The topological polar surface area (TPSA) is 117 Å². The fourth-order valence-corrected chi connectivity index (χ4v) is 8.89. The number of amides is 3. The molecule has 0 aliphatic carbocycles. The Morgan fingerprint density at radius 1 is 1.04 bits per heavy atom. The van der Waals surface area contributed by atoms with Gasteiger partial charge in [0.05, 0.1) is 36.6 Å². The summed E-state index contributed by atoms with van der Waals surface area (Å²) in [5.74, 6) is -3.55. The van der Waals surface area contributed by atoms with Crippen LogP contribution < -0.4 is 4.90 Å². The molecule has 1 spiro atoms. The number of anilines is 1. The molecule has 0 saturated carbocycles. The Morgan fingerprint density at radius 3 is 2.38 bits per heavy atom. The van der Waals surface area contributed by atoms with E-state index in [2.05, 4.69) is 13.2 Å². The van der Waals surface area contributed by atoms with Crippen LogP contribution in [0.15, 0.2) is 104 Å². The maximum absolute atomic E-state index is 15.3. The summed E-state index contributed by atoms with van der Waals surface area (Å²) >= 11 is 0. The molecule has 3 aliphatic rings. The van der Waals surface area contributed by atoms with Crippen molar-refractivity contribution in [2.24, 2.45) is 11.8 Å². The molecule has 3 fully saturated rings. The highest BCUT2D eigenvalue weighted by Crippen LogP contribution is 2.59. The Morgan fingerprint density at radius 2 is 1.73 bits per heavy atom. The second-order valence-electron chi connectivity index (χ2n) is 15.2. The molecular formula is C45H53N3O7. The average Bonchev–Trinajstić information content (AvgIpc) is 3.85. The molecule has 8 atom stereocenters. The second-order valence-corrected chi connectivity index (χ2v) is 15.2. The predicted molar refractivity (Wildman–Crippen MR) is 211 cm³/mol. The van der Waals surface area contributed by atoms with E-state index in [1.807, 2.05) is 99.6 Å². The van der Waals surface area contributed by atoms with Gasteiger partial charge in [-0.2, -0.15) is 0 Å². The molecule has 10 heteroatoms. The highest BCUT2D eigenvalue weighted by atomic mass is 16.6. The number of allylic oxidation sites excluding steroid dienone is 1. The number of nitrogens with zero attached hydrogens (tertiary/aromatic N) is 3. The molecule has 0 aromatic heterocycles. The van der Waals surface area contributed by atoms with Crippen molar-refractivity contribution in [3.8, 4) is 0 Å². The average molecular weight is 748 g/mol. The van der Waals surface area contributed by atoms with Gasteiger partial charge in [-0.3, -0.25) is 19.2 Å². The van der Waals surface area contributed by atoms with Crippen molar-refractivity contribution in [1.82, 2.24) is 9.80 Å². The van der Waals surface area contributed by atoms with E-state index in [0.29, 0.717) is 36.9 Å². The fraction of sp³-hybridized carbons (Fsp3) is 0.422. The number of aryl methyl sites for hydroxylation is 2. The number of carbonyl (C=O) groups is 4. The van der Waals surface area contributed by atoms with Gasteiger partial charge < -0.3 is 29.3 Å². The smallest absolute Gasteiger partial charge is 0.313 e. The summed E-state index contributed by atoms with van der Waals surface area (Å²) < 4.78 is 13.2. The molecule has 55 heavy (non-hydrogen) atoms. The first-order valence-corrected chi connectivity index (χ1v) is 19.2. The van der Waals surface area contributed by atoms with Crippen molar-refractivity contribution in [3.63, 3.8) is 0 Å². The Labute approximate surface area is 324 Å². The van der Waals surface area contributed by atoms with E-state index in [4.69, 9.17) is 9.47 Å². The molecule has 3 saturated heterocycles. The van der Waals surface area contributed by atoms with Crippen LogP contribution in [-0.2, 0) is 35.1 Å². The SMILES string of the molecule is C=CCCC(=O)N(C)[C@H](C)[C@H](OC(=O)[C@@H]1[C@@H]2CC[C@]3(O2)[C@H](C(=O)N(CC=C)c2cc(C)ccc2C)N([C@@H](CO)Cc2ccccc2)C(=O)[C@@H]13)c1ccccc1. The normalized spacial score (nSPS) is 24.1. The van der Waals surface area contributed by atoms with E-state index < -0.39 is 66.3 Å². The van der Waals surface area contributed by atoms with Crippen LogP contribution in [0, 0.1) is 25.7 Å². The zero-order chi connectivity index (χ0) is 39.4. The molecule has 290 valence electrons. The number of likely N-dealkylation sites (N-methyl/N-ethyl adjacent to an activating group) is 1. The summed E-state index contributed by atoms with van der Waals surface area (Å²) in [6.07, 6.45) is 3.73. The molecule has 2 bridgehead atoms. The number of benzene rings is 3. The number of hydrogen-bond donors (Lipinski definition) is 1.